The highest BCUT2D eigenvalue weighted by atomic mass is 16.2. The number of nitrogens with one attached hydrogen (secondary N) is 4. The third kappa shape index (κ3) is 8.74. The maximum absolute atomic E-state index is 14.1. The van der Waals surface area contributed by atoms with Crippen LogP contribution < -0.4 is 16.0 Å². The molecule has 5 fully saturated rings. The topological polar surface area (TPSA) is 157 Å². The van der Waals surface area contributed by atoms with Gasteiger partial charge >= 0.3 is 0 Å². The number of nitrogens with zero attached hydrogens (tertiary/aromatic N) is 3. The highest BCUT2D eigenvalue weighted by Crippen LogP contribution is 2.37. The lowest BCUT2D eigenvalue weighted by Gasteiger charge is -2.32. The number of hydrogen-bond acceptors (Lipinski definition) is 6. The summed E-state index contributed by atoms with van der Waals surface area (Å²) < 4.78 is 0. The van der Waals surface area contributed by atoms with Gasteiger partial charge in [-0.15, -0.1) is 0 Å². The molecule has 0 bridgehead atoms. The largest absolute Gasteiger partial charge is 0.352 e. The van der Waals surface area contributed by atoms with Gasteiger partial charge in [0.25, 0.3) is 0 Å². The quantitative estimate of drug-likeness (QED) is 0.122. The zero-order valence-electron chi connectivity index (χ0n) is 34.1. The van der Waals surface area contributed by atoms with Gasteiger partial charge < -0.3 is 30.7 Å². The first-order valence-corrected chi connectivity index (χ1v) is 22.1. The number of rotatable bonds is 13. The number of carbonyl (C=O) groups excluding carboxylic acids is 5. The molecule has 3 saturated carbocycles. The third-order valence-corrected chi connectivity index (χ3v) is 13.3. The Balaban J connectivity index is 0.789. The zero-order valence-corrected chi connectivity index (χ0v) is 34.1. The molecule has 5 aliphatic rings. The van der Waals surface area contributed by atoms with Crippen LogP contribution in [0, 0.1) is 11.8 Å². The molecule has 1 aromatic heterocycles. The Kier molecular flexibility index (Phi) is 11.5. The van der Waals surface area contributed by atoms with Gasteiger partial charge in [-0.2, -0.15) is 0 Å². The predicted octanol–water partition coefficient (Wildman–Crippen LogP) is 6.41. The number of hydrogen-bond donors (Lipinski definition) is 4. The van der Waals surface area contributed by atoms with Crippen LogP contribution >= 0.6 is 0 Å². The van der Waals surface area contributed by atoms with E-state index in [1.165, 1.54) is 5.56 Å². The zero-order chi connectivity index (χ0) is 41.2. The third-order valence-electron chi connectivity index (χ3n) is 13.3. The van der Waals surface area contributed by atoms with Gasteiger partial charge in [-0.3, -0.25) is 24.0 Å². The van der Waals surface area contributed by atoms with Crippen LogP contribution in [0.5, 0.6) is 0 Å². The Morgan fingerprint density at radius 2 is 1.15 bits per heavy atom. The van der Waals surface area contributed by atoms with Gasteiger partial charge in [0.05, 0.1) is 17.9 Å². The van der Waals surface area contributed by atoms with Crippen molar-refractivity contribution in [2.75, 3.05) is 13.1 Å². The van der Waals surface area contributed by atoms with E-state index in [1.807, 2.05) is 71.8 Å². The molecule has 3 heterocycles. The minimum absolute atomic E-state index is 0.00182. The summed E-state index contributed by atoms with van der Waals surface area (Å²) in [7, 11) is 0. The molecule has 9 rings (SSSR count). The molecule has 12 heteroatoms. The van der Waals surface area contributed by atoms with Crippen LogP contribution in [0.3, 0.4) is 0 Å². The first-order chi connectivity index (χ1) is 29.3. The highest BCUT2D eigenvalue weighted by Gasteiger charge is 2.42. The molecular weight excluding hydrogens is 755 g/mol. The van der Waals surface area contributed by atoms with Crippen LogP contribution in [-0.4, -0.2) is 74.5 Å². The maximum atomic E-state index is 14.1. The SMILES string of the molecule is O=C(N[C@@H](C(=O)N1CCC[C@H]1C(=O)N[C@H]1CC[C@@H](c2ccc(-c3cnc([C@@H]4CCCN4C(=O)[C@H](NC(=O)C4CC4)c4ccccc4)[nH]3)cc2)CC1)c1ccccc1)C1CC1. The van der Waals surface area contributed by atoms with Crippen molar-refractivity contribution in [1.82, 2.24) is 35.7 Å². The molecule has 0 unspecified atom stereocenters. The summed E-state index contributed by atoms with van der Waals surface area (Å²) in [6.07, 6.45) is 11.9. The number of carbonyl (C=O) groups is 5. The predicted molar refractivity (Wildman–Crippen MR) is 226 cm³/mol. The van der Waals surface area contributed by atoms with E-state index < -0.39 is 18.1 Å². The summed E-state index contributed by atoms with van der Waals surface area (Å²) in [6.45, 7) is 1.11. The first-order valence-electron chi connectivity index (χ1n) is 22.1. The lowest BCUT2D eigenvalue weighted by Crippen LogP contribution is -2.52. The van der Waals surface area contributed by atoms with Crippen LogP contribution in [-0.2, 0) is 24.0 Å². The van der Waals surface area contributed by atoms with Crippen molar-refractivity contribution in [3.63, 3.8) is 0 Å². The minimum atomic E-state index is -0.802. The second kappa shape index (κ2) is 17.4. The summed E-state index contributed by atoms with van der Waals surface area (Å²) >= 11 is 0. The Morgan fingerprint density at radius 1 is 0.600 bits per heavy atom. The average Bonchev–Trinajstić information content (AvgIpc) is 4.16. The molecule has 2 aliphatic heterocycles. The molecule has 312 valence electrons. The van der Waals surface area contributed by atoms with Crippen molar-refractivity contribution < 1.29 is 24.0 Å². The van der Waals surface area contributed by atoms with E-state index in [0.717, 1.165) is 98.8 Å². The number of H-pyrrole nitrogens is 1. The molecule has 3 aliphatic carbocycles. The van der Waals surface area contributed by atoms with E-state index in [2.05, 4.69) is 45.2 Å². The average molecular weight is 810 g/mol. The first kappa shape index (κ1) is 39.7. The number of amides is 5. The molecule has 0 radical (unpaired) electrons. The molecule has 4 N–H and O–H groups in total. The van der Waals surface area contributed by atoms with Gasteiger partial charge in [0, 0.05) is 31.0 Å². The molecule has 3 aromatic carbocycles. The monoisotopic (exact) mass is 809 g/mol. The smallest absolute Gasteiger partial charge is 0.250 e. The fraction of sp³-hybridized carbons (Fsp3) is 0.458. The van der Waals surface area contributed by atoms with Gasteiger partial charge in [-0.1, -0.05) is 84.9 Å². The van der Waals surface area contributed by atoms with Crippen LogP contribution in [0.4, 0.5) is 0 Å². The normalized spacial score (nSPS) is 23.7. The minimum Gasteiger partial charge on any atom is -0.352 e. The van der Waals surface area contributed by atoms with Crippen LogP contribution in [0.2, 0.25) is 0 Å². The summed E-state index contributed by atoms with van der Waals surface area (Å²) in [5.74, 6) is 0.538. The number of likely N-dealkylation sites (tertiary alicyclic amines) is 2. The highest BCUT2D eigenvalue weighted by molar-refractivity contribution is 5.94. The lowest BCUT2D eigenvalue weighted by molar-refractivity contribution is -0.142. The van der Waals surface area contributed by atoms with E-state index in [4.69, 9.17) is 4.98 Å². The van der Waals surface area contributed by atoms with Crippen LogP contribution in [0.25, 0.3) is 11.3 Å². The van der Waals surface area contributed by atoms with Gasteiger partial charge in [-0.25, -0.2) is 4.98 Å². The standard InChI is InChI=1S/C48H55N7O5/c56-44(35-19-20-35)52-41(33-9-3-1-4-10-33)47(59)54-27-7-13-39(54)43-49-29-38(51-43)32-17-15-30(16-18-32)31-23-25-37(26-24-31)50-46(58)40-14-8-28-55(40)48(60)42(34-11-5-2-6-12-34)53-45(57)36-21-22-36/h1-6,9-12,15-18,29,31,35-37,39-42H,7-8,13-14,19-28H2,(H,49,51)(H,50,58)(H,52,56)(H,53,57)/t31-,37+,39-,40-,41+,42+/m0/s1. The number of aromatic nitrogens is 2. The summed E-state index contributed by atoms with van der Waals surface area (Å²) in [6, 6.07) is 25.2. The van der Waals surface area contributed by atoms with E-state index in [-0.39, 0.29) is 53.5 Å². The van der Waals surface area contributed by atoms with E-state index in [1.54, 1.807) is 4.90 Å². The van der Waals surface area contributed by atoms with E-state index in [0.29, 0.717) is 25.4 Å². The molecule has 60 heavy (non-hydrogen) atoms. The van der Waals surface area contributed by atoms with Crippen molar-refractivity contribution in [3.8, 4) is 11.3 Å². The van der Waals surface area contributed by atoms with Gasteiger partial charge in [0.2, 0.25) is 29.5 Å². The maximum Gasteiger partial charge on any atom is 0.250 e. The number of benzene rings is 3. The van der Waals surface area contributed by atoms with Crippen LogP contribution in [0.15, 0.2) is 91.1 Å². The van der Waals surface area contributed by atoms with Crippen molar-refractivity contribution in [3.05, 3.63) is 114 Å². The van der Waals surface area contributed by atoms with Crippen molar-refractivity contribution in [1.29, 1.82) is 0 Å². The molecule has 12 nitrogen and oxygen atoms in total. The second-order valence-corrected chi connectivity index (χ2v) is 17.5. The molecule has 5 amide bonds. The fourth-order valence-corrected chi connectivity index (χ4v) is 9.48. The van der Waals surface area contributed by atoms with Crippen molar-refractivity contribution >= 4 is 29.5 Å². The number of aromatic amines is 1. The molecule has 4 atom stereocenters. The summed E-state index contributed by atoms with van der Waals surface area (Å²) in [5, 5.41) is 9.33. The second-order valence-electron chi connectivity index (χ2n) is 17.5. The van der Waals surface area contributed by atoms with Crippen molar-refractivity contribution in [2.24, 2.45) is 11.8 Å². The van der Waals surface area contributed by atoms with E-state index in [9.17, 15) is 24.0 Å². The Morgan fingerprint density at radius 3 is 1.73 bits per heavy atom. The fourth-order valence-electron chi connectivity index (χ4n) is 9.48. The summed E-state index contributed by atoms with van der Waals surface area (Å²) in [5.41, 5.74) is 4.70. The van der Waals surface area contributed by atoms with E-state index >= 15 is 0 Å². The lowest BCUT2D eigenvalue weighted by atomic mass is 9.81. The molecular formula is C48H55N7O5. The van der Waals surface area contributed by atoms with Crippen molar-refractivity contribution in [2.45, 2.75) is 113 Å². The Hall–Kier alpha value is -5.78. The van der Waals surface area contributed by atoms with Crippen LogP contribution in [0.1, 0.15) is 124 Å². The molecule has 2 saturated heterocycles. The molecule has 4 aromatic rings. The summed E-state index contributed by atoms with van der Waals surface area (Å²) in [4.78, 5) is 79.2. The van der Waals surface area contributed by atoms with Gasteiger partial charge in [0.1, 0.15) is 23.9 Å². The Labute approximate surface area is 351 Å². The van der Waals surface area contributed by atoms with Gasteiger partial charge in [-0.05, 0) is 105 Å². The van der Waals surface area contributed by atoms with Gasteiger partial charge in [0.15, 0.2) is 0 Å². The Bertz CT molecular complexity index is 2180. The number of imidazole rings is 1. The molecule has 0 spiro atoms.